The van der Waals surface area contributed by atoms with E-state index in [1.54, 1.807) is 0 Å². The predicted octanol–water partition coefficient (Wildman–Crippen LogP) is 2.24. The van der Waals surface area contributed by atoms with Crippen molar-refractivity contribution in [3.8, 4) is 0 Å². The Balaban J connectivity index is 2.07. The van der Waals surface area contributed by atoms with Crippen molar-refractivity contribution in [2.45, 2.75) is 26.7 Å². The number of benzene rings is 1. The molecule has 1 saturated heterocycles. The summed E-state index contributed by atoms with van der Waals surface area (Å²) in [7, 11) is 0. The van der Waals surface area contributed by atoms with Crippen molar-refractivity contribution in [3.05, 3.63) is 29.3 Å². The monoisotopic (exact) mass is 232 g/mol. The van der Waals surface area contributed by atoms with E-state index in [4.69, 9.17) is 0 Å². The van der Waals surface area contributed by atoms with Gasteiger partial charge in [-0.15, -0.1) is 0 Å². The lowest BCUT2D eigenvalue weighted by atomic mass is 9.98. The minimum absolute atomic E-state index is 0.114. The van der Waals surface area contributed by atoms with Gasteiger partial charge in [-0.25, -0.2) is 0 Å². The van der Waals surface area contributed by atoms with E-state index in [1.807, 2.05) is 32.0 Å². The number of hydrogen-bond acceptors (Lipinski definition) is 2. The summed E-state index contributed by atoms with van der Waals surface area (Å²) >= 11 is 0. The van der Waals surface area contributed by atoms with Gasteiger partial charge in [0.25, 0.3) is 0 Å². The maximum Gasteiger partial charge on any atom is 0.228 e. The Kier molecular flexibility index (Phi) is 3.79. The van der Waals surface area contributed by atoms with Crippen LogP contribution in [0, 0.1) is 19.8 Å². The zero-order chi connectivity index (χ0) is 12.3. The van der Waals surface area contributed by atoms with Crippen LogP contribution in [0.3, 0.4) is 0 Å². The molecule has 3 nitrogen and oxygen atoms in total. The van der Waals surface area contributed by atoms with Crippen molar-refractivity contribution in [1.82, 2.24) is 5.32 Å². The molecular weight excluding hydrogens is 212 g/mol. The second-order valence-electron chi connectivity index (χ2n) is 4.80. The third kappa shape index (κ3) is 2.86. The van der Waals surface area contributed by atoms with Gasteiger partial charge in [-0.05, 0) is 44.4 Å². The van der Waals surface area contributed by atoms with Gasteiger partial charge < -0.3 is 10.6 Å². The van der Waals surface area contributed by atoms with E-state index in [2.05, 4.69) is 10.6 Å². The molecule has 1 amide bonds. The number of carbonyl (C=O) groups excluding carboxylic acids is 1. The zero-order valence-electron chi connectivity index (χ0n) is 10.5. The first-order valence-corrected chi connectivity index (χ1v) is 6.26. The van der Waals surface area contributed by atoms with Crippen LogP contribution in [0.25, 0.3) is 0 Å². The summed E-state index contributed by atoms with van der Waals surface area (Å²) in [6.45, 7) is 5.90. The van der Waals surface area contributed by atoms with E-state index in [-0.39, 0.29) is 11.8 Å². The molecule has 92 valence electrons. The van der Waals surface area contributed by atoms with E-state index >= 15 is 0 Å². The van der Waals surface area contributed by atoms with Gasteiger partial charge in [-0.2, -0.15) is 0 Å². The summed E-state index contributed by atoms with van der Waals surface area (Å²) in [4.78, 5) is 12.1. The molecule has 0 aliphatic carbocycles. The van der Waals surface area contributed by atoms with Gasteiger partial charge in [0, 0.05) is 12.2 Å². The smallest absolute Gasteiger partial charge is 0.228 e. The maximum absolute atomic E-state index is 12.1. The number of rotatable bonds is 2. The van der Waals surface area contributed by atoms with Gasteiger partial charge in [0.2, 0.25) is 5.91 Å². The summed E-state index contributed by atoms with van der Waals surface area (Å²) < 4.78 is 0. The van der Waals surface area contributed by atoms with Gasteiger partial charge in [0.15, 0.2) is 0 Å². The van der Waals surface area contributed by atoms with Gasteiger partial charge in [0.05, 0.1) is 5.92 Å². The highest BCUT2D eigenvalue weighted by atomic mass is 16.1. The highest BCUT2D eigenvalue weighted by molar-refractivity contribution is 5.94. The first-order valence-electron chi connectivity index (χ1n) is 6.26. The second-order valence-corrected chi connectivity index (χ2v) is 4.80. The molecule has 1 fully saturated rings. The lowest BCUT2D eigenvalue weighted by Gasteiger charge is -2.22. The largest absolute Gasteiger partial charge is 0.325 e. The van der Waals surface area contributed by atoms with Crippen LogP contribution < -0.4 is 10.6 Å². The fourth-order valence-corrected chi connectivity index (χ4v) is 2.31. The second kappa shape index (κ2) is 5.32. The number of carbonyl (C=O) groups is 1. The molecule has 3 heteroatoms. The molecule has 0 aromatic heterocycles. The fourth-order valence-electron chi connectivity index (χ4n) is 2.31. The lowest BCUT2D eigenvalue weighted by molar-refractivity contribution is -0.120. The highest BCUT2D eigenvalue weighted by Crippen LogP contribution is 2.21. The molecular formula is C14H20N2O. The molecule has 0 spiro atoms. The average Bonchev–Trinajstić information content (AvgIpc) is 2.35. The summed E-state index contributed by atoms with van der Waals surface area (Å²) in [5.41, 5.74) is 3.23. The Bertz CT molecular complexity index is 388. The Morgan fingerprint density at radius 1 is 1.35 bits per heavy atom. The van der Waals surface area contributed by atoms with Crippen LogP contribution in [0.1, 0.15) is 24.0 Å². The number of aryl methyl sites for hydroxylation is 2. The minimum atomic E-state index is 0.114. The van der Waals surface area contributed by atoms with Crippen LogP contribution in [-0.4, -0.2) is 19.0 Å². The summed E-state index contributed by atoms with van der Waals surface area (Å²) in [5.74, 6) is 0.261. The number of piperidine rings is 1. The van der Waals surface area contributed by atoms with E-state index in [9.17, 15) is 4.79 Å². The minimum Gasteiger partial charge on any atom is -0.325 e. The van der Waals surface area contributed by atoms with Crippen molar-refractivity contribution in [2.75, 3.05) is 18.4 Å². The normalized spacial score (nSPS) is 20.0. The molecule has 2 N–H and O–H groups in total. The number of amides is 1. The molecule has 0 bridgehead atoms. The Labute approximate surface area is 103 Å². The van der Waals surface area contributed by atoms with Crippen molar-refractivity contribution in [3.63, 3.8) is 0 Å². The summed E-state index contributed by atoms with van der Waals surface area (Å²) in [6, 6.07) is 6.08. The fraction of sp³-hybridized carbons (Fsp3) is 0.500. The average molecular weight is 232 g/mol. The summed E-state index contributed by atoms with van der Waals surface area (Å²) in [6.07, 6.45) is 2.08. The molecule has 1 aliphatic heterocycles. The standard InChI is InChI=1S/C14H20N2O/c1-10-5-3-6-11(2)13(10)16-14(17)12-7-4-8-15-9-12/h3,5-6,12,15H,4,7-9H2,1-2H3,(H,16,17)/t12-/m1/s1. The SMILES string of the molecule is Cc1cccc(C)c1NC(=O)[C@@H]1CCCNC1. The number of nitrogens with one attached hydrogen (secondary N) is 2. The van der Waals surface area contributed by atoms with Gasteiger partial charge in [-0.1, -0.05) is 18.2 Å². The summed E-state index contributed by atoms with van der Waals surface area (Å²) in [5, 5.41) is 6.34. The molecule has 0 saturated carbocycles. The van der Waals surface area contributed by atoms with Crippen molar-refractivity contribution in [1.29, 1.82) is 0 Å². The Morgan fingerprint density at radius 3 is 2.65 bits per heavy atom. The molecule has 0 unspecified atom stereocenters. The van der Waals surface area contributed by atoms with Crippen LogP contribution in [0.15, 0.2) is 18.2 Å². The van der Waals surface area contributed by atoms with Crippen LogP contribution in [0.4, 0.5) is 5.69 Å². The Hall–Kier alpha value is -1.35. The van der Waals surface area contributed by atoms with Crippen LogP contribution in [0.5, 0.6) is 0 Å². The third-order valence-electron chi connectivity index (χ3n) is 3.40. The van der Waals surface area contributed by atoms with E-state index < -0.39 is 0 Å². The molecule has 1 aromatic rings. The zero-order valence-corrected chi connectivity index (χ0v) is 10.5. The van der Waals surface area contributed by atoms with Crippen LogP contribution >= 0.6 is 0 Å². The van der Waals surface area contributed by atoms with Crippen molar-refractivity contribution >= 4 is 11.6 Å². The third-order valence-corrected chi connectivity index (χ3v) is 3.40. The van der Waals surface area contributed by atoms with E-state index in [0.717, 1.165) is 42.7 Å². The van der Waals surface area contributed by atoms with Crippen LogP contribution in [0.2, 0.25) is 0 Å². The van der Waals surface area contributed by atoms with Crippen LogP contribution in [-0.2, 0) is 4.79 Å². The first kappa shape index (κ1) is 12.1. The highest BCUT2D eigenvalue weighted by Gasteiger charge is 2.21. The topological polar surface area (TPSA) is 41.1 Å². The molecule has 1 aliphatic rings. The quantitative estimate of drug-likeness (QED) is 0.821. The molecule has 17 heavy (non-hydrogen) atoms. The predicted molar refractivity (Wildman–Crippen MR) is 70.1 cm³/mol. The molecule has 2 rings (SSSR count). The molecule has 1 atom stereocenters. The van der Waals surface area contributed by atoms with Crippen molar-refractivity contribution < 1.29 is 4.79 Å². The van der Waals surface area contributed by atoms with Gasteiger partial charge in [-0.3, -0.25) is 4.79 Å². The first-order chi connectivity index (χ1) is 8.18. The molecule has 1 aromatic carbocycles. The van der Waals surface area contributed by atoms with Gasteiger partial charge >= 0.3 is 0 Å². The number of anilines is 1. The molecule has 1 heterocycles. The van der Waals surface area contributed by atoms with Gasteiger partial charge in [0.1, 0.15) is 0 Å². The Morgan fingerprint density at radius 2 is 2.06 bits per heavy atom. The maximum atomic E-state index is 12.1. The lowest BCUT2D eigenvalue weighted by Crippen LogP contribution is -2.37. The molecule has 0 radical (unpaired) electrons. The number of para-hydroxylation sites is 1. The number of hydrogen-bond donors (Lipinski definition) is 2. The van der Waals surface area contributed by atoms with Crippen molar-refractivity contribution in [2.24, 2.45) is 5.92 Å². The van der Waals surface area contributed by atoms with E-state index in [0.29, 0.717) is 0 Å². The van der Waals surface area contributed by atoms with E-state index in [1.165, 1.54) is 0 Å².